The Hall–Kier alpha value is -0.0800. The van der Waals surface area contributed by atoms with Gasteiger partial charge in [0.2, 0.25) is 0 Å². The Morgan fingerprint density at radius 1 is 1.45 bits per heavy atom. The zero-order valence-electron chi connectivity index (χ0n) is 7.38. The SMILES string of the molecule is CC1CCCC(C)(C(O)O)C1. The molecule has 1 aliphatic rings. The lowest BCUT2D eigenvalue weighted by atomic mass is 9.71. The molecule has 0 heterocycles. The largest absolute Gasteiger partial charge is 0.368 e. The van der Waals surface area contributed by atoms with Gasteiger partial charge in [-0.1, -0.05) is 26.7 Å². The molecule has 0 aromatic rings. The average Bonchev–Trinajstić information content (AvgIpc) is 1.86. The molecule has 2 nitrogen and oxygen atoms in total. The predicted molar refractivity (Wildman–Crippen MR) is 44.0 cm³/mol. The van der Waals surface area contributed by atoms with E-state index in [0.29, 0.717) is 5.92 Å². The van der Waals surface area contributed by atoms with Gasteiger partial charge in [0.1, 0.15) is 0 Å². The number of hydrogen-bond donors (Lipinski definition) is 2. The maximum Gasteiger partial charge on any atom is 0.156 e. The minimum absolute atomic E-state index is 0.238. The van der Waals surface area contributed by atoms with Gasteiger partial charge in [0, 0.05) is 5.41 Å². The molecular formula is C9H18O2. The third-order valence-corrected chi connectivity index (χ3v) is 2.88. The summed E-state index contributed by atoms with van der Waals surface area (Å²) in [4.78, 5) is 0. The van der Waals surface area contributed by atoms with E-state index in [1.165, 1.54) is 6.42 Å². The molecule has 2 unspecified atom stereocenters. The van der Waals surface area contributed by atoms with Gasteiger partial charge in [-0.15, -0.1) is 0 Å². The van der Waals surface area contributed by atoms with Crippen LogP contribution in [-0.2, 0) is 0 Å². The van der Waals surface area contributed by atoms with Gasteiger partial charge in [-0.3, -0.25) is 0 Å². The van der Waals surface area contributed by atoms with Crippen LogP contribution < -0.4 is 0 Å². The predicted octanol–water partition coefficient (Wildman–Crippen LogP) is 1.51. The van der Waals surface area contributed by atoms with Gasteiger partial charge in [-0.2, -0.15) is 0 Å². The molecule has 1 saturated carbocycles. The third-order valence-electron chi connectivity index (χ3n) is 2.88. The van der Waals surface area contributed by atoms with E-state index < -0.39 is 6.29 Å². The normalized spacial score (nSPS) is 39.5. The van der Waals surface area contributed by atoms with Crippen molar-refractivity contribution in [2.24, 2.45) is 11.3 Å². The van der Waals surface area contributed by atoms with Crippen molar-refractivity contribution >= 4 is 0 Å². The van der Waals surface area contributed by atoms with Crippen molar-refractivity contribution in [3.8, 4) is 0 Å². The topological polar surface area (TPSA) is 40.5 Å². The van der Waals surface area contributed by atoms with Crippen molar-refractivity contribution < 1.29 is 10.2 Å². The molecule has 0 bridgehead atoms. The Balaban J connectivity index is 2.55. The van der Waals surface area contributed by atoms with Crippen LogP contribution in [0.2, 0.25) is 0 Å². The van der Waals surface area contributed by atoms with Crippen LogP contribution in [0, 0.1) is 11.3 Å². The van der Waals surface area contributed by atoms with Gasteiger partial charge in [0.15, 0.2) is 6.29 Å². The zero-order valence-corrected chi connectivity index (χ0v) is 7.38. The lowest BCUT2D eigenvalue weighted by molar-refractivity contribution is -0.146. The van der Waals surface area contributed by atoms with Crippen LogP contribution in [0.5, 0.6) is 0 Å². The molecule has 0 aromatic heterocycles. The Morgan fingerprint density at radius 2 is 2.09 bits per heavy atom. The molecule has 2 N–H and O–H groups in total. The monoisotopic (exact) mass is 158 g/mol. The van der Waals surface area contributed by atoms with Crippen molar-refractivity contribution in [2.45, 2.75) is 45.8 Å². The van der Waals surface area contributed by atoms with E-state index in [1.54, 1.807) is 0 Å². The highest BCUT2D eigenvalue weighted by atomic mass is 16.5. The van der Waals surface area contributed by atoms with Gasteiger partial charge in [0.25, 0.3) is 0 Å². The lowest BCUT2D eigenvalue weighted by Crippen LogP contribution is -2.36. The maximum atomic E-state index is 9.11. The second-order valence-electron chi connectivity index (χ2n) is 4.23. The minimum Gasteiger partial charge on any atom is -0.368 e. The first-order chi connectivity index (χ1) is 5.04. The number of aliphatic hydroxyl groups is 2. The molecule has 0 saturated heterocycles. The Morgan fingerprint density at radius 3 is 2.45 bits per heavy atom. The van der Waals surface area contributed by atoms with Gasteiger partial charge in [-0.25, -0.2) is 0 Å². The number of aliphatic hydroxyl groups excluding tert-OH is 1. The fourth-order valence-corrected chi connectivity index (χ4v) is 2.09. The molecule has 11 heavy (non-hydrogen) atoms. The number of rotatable bonds is 1. The molecule has 0 radical (unpaired) electrons. The summed E-state index contributed by atoms with van der Waals surface area (Å²) in [5, 5.41) is 18.2. The molecule has 1 rings (SSSR count). The number of hydrogen-bond acceptors (Lipinski definition) is 2. The summed E-state index contributed by atoms with van der Waals surface area (Å²) in [6, 6.07) is 0. The van der Waals surface area contributed by atoms with Gasteiger partial charge < -0.3 is 10.2 Å². The Kier molecular flexibility index (Phi) is 2.55. The summed E-state index contributed by atoms with van der Waals surface area (Å²) >= 11 is 0. The first-order valence-corrected chi connectivity index (χ1v) is 4.41. The summed E-state index contributed by atoms with van der Waals surface area (Å²) < 4.78 is 0. The van der Waals surface area contributed by atoms with E-state index in [4.69, 9.17) is 10.2 Å². The summed E-state index contributed by atoms with van der Waals surface area (Å²) in [7, 11) is 0. The van der Waals surface area contributed by atoms with Crippen LogP contribution in [0.1, 0.15) is 39.5 Å². The molecular weight excluding hydrogens is 140 g/mol. The van der Waals surface area contributed by atoms with E-state index in [-0.39, 0.29) is 5.41 Å². The van der Waals surface area contributed by atoms with Crippen LogP contribution in [0.25, 0.3) is 0 Å². The maximum absolute atomic E-state index is 9.11. The van der Waals surface area contributed by atoms with Crippen LogP contribution in [-0.4, -0.2) is 16.5 Å². The van der Waals surface area contributed by atoms with Crippen molar-refractivity contribution in [3.63, 3.8) is 0 Å². The van der Waals surface area contributed by atoms with Gasteiger partial charge in [0.05, 0.1) is 0 Å². The third kappa shape index (κ3) is 1.94. The summed E-state index contributed by atoms with van der Waals surface area (Å²) in [5.74, 6) is 0.649. The van der Waals surface area contributed by atoms with Gasteiger partial charge >= 0.3 is 0 Å². The van der Waals surface area contributed by atoms with Crippen LogP contribution >= 0.6 is 0 Å². The van der Waals surface area contributed by atoms with E-state index in [9.17, 15) is 0 Å². The minimum atomic E-state index is -1.13. The van der Waals surface area contributed by atoms with E-state index in [0.717, 1.165) is 19.3 Å². The van der Waals surface area contributed by atoms with Crippen LogP contribution in [0.3, 0.4) is 0 Å². The van der Waals surface area contributed by atoms with E-state index in [2.05, 4.69) is 6.92 Å². The molecule has 2 heteroatoms. The molecule has 0 amide bonds. The van der Waals surface area contributed by atoms with Gasteiger partial charge in [-0.05, 0) is 18.8 Å². The fourth-order valence-electron chi connectivity index (χ4n) is 2.09. The van der Waals surface area contributed by atoms with E-state index in [1.807, 2.05) is 6.92 Å². The molecule has 1 aliphatic carbocycles. The van der Waals surface area contributed by atoms with E-state index >= 15 is 0 Å². The summed E-state index contributed by atoms with van der Waals surface area (Å²) in [6.45, 7) is 4.15. The first-order valence-electron chi connectivity index (χ1n) is 4.41. The average molecular weight is 158 g/mol. The molecule has 0 aromatic carbocycles. The highest BCUT2D eigenvalue weighted by Crippen LogP contribution is 2.40. The summed E-state index contributed by atoms with van der Waals surface area (Å²) in [6.07, 6.45) is 3.14. The van der Waals surface area contributed by atoms with Crippen molar-refractivity contribution in [1.29, 1.82) is 0 Å². The molecule has 66 valence electrons. The van der Waals surface area contributed by atoms with Crippen LogP contribution in [0.4, 0.5) is 0 Å². The zero-order chi connectivity index (χ0) is 8.48. The lowest BCUT2D eigenvalue weighted by Gasteiger charge is -2.38. The molecule has 2 atom stereocenters. The highest BCUT2D eigenvalue weighted by molar-refractivity contribution is 4.82. The molecule has 0 aliphatic heterocycles. The Labute approximate surface area is 68.2 Å². The molecule has 0 spiro atoms. The second-order valence-corrected chi connectivity index (χ2v) is 4.23. The summed E-state index contributed by atoms with van der Waals surface area (Å²) in [5.41, 5.74) is -0.238. The smallest absolute Gasteiger partial charge is 0.156 e. The highest BCUT2D eigenvalue weighted by Gasteiger charge is 2.35. The standard InChI is InChI=1S/C9H18O2/c1-7-4-3-5-9(2,6-7)8(10)11/h7-8,10-11H,3-6H2,1-2H3. The Bertz CT molecular complexity index is 134. The first kappa shape index (κ1) is 9.01. The van der Waals surface area contributed by atoms with Crippen LogP contribution in [0.15, 0.2) is 0 Å². The fraction of sp³-hybridized carbons (Fsp3) is 1.00. The quantitative estimate of drug-likeness (QED) is 0.568. The molecule has 1 fully saturated rings. The van der Waals surface area contributed by atoms with Crippen molar-refractivity contribution in [2.75, 3.05) is 0 Å². The van der Waals surface area contributed by atoms with Crippen molar-refractivity contribution in [1.82, 2.24) is 0 Å². The van der Waals surface area contributed by atoms with Crippen molar-refractivity contribution in [3.05, 3.63) is 0 Å². The second kappa shape index (κ2) is 3.11.